The minimum atomic E-state index is -0.145. The first-order valence-corrected chi connectivity index (χ1v) is 4.50. The Hall–Kier alpha value is -1.71. The van der Waals surface area contributed by atoms with Crippen molar-refractivity contribution < 1.29 is 4.79 Å². The molecule has 0 aliphatic carbocycles. The lowest BCUT2D eigenvalue weighted by Crippen LogP contribution is -2.23. The zero-order valence-electron chi connectivity index (χ0n) is 8.34. The van der Waals surface area contributed by atoms with E-state index in [0.29, 0.717) is 5.82 Å². The van der Waals surface area contributed by atoms with Gasteiger partial charge in [-0.05, 0) is 18.6 Å². The predicted molar refractivity (Wildman–Crippen MR) is 56.2 cm³/mol. The summed E-state index contributed by atoms with van der Waals surface area (Å²) >= 11 is 0. The SMILES string of the molecule is CC/C=N\N(C(C)=O)c1ccccn1. The fourth-order valence-electron chi connectivity index (χ4n) is 0.944. The van der Waals surface area contributed by atoms with Crippen molar-refractivity contribution in [1.29, 1.82) is 0 Å². The van der Waals surface area contributed by atoms with E-state index in [1.807, 2.05) is 13.0 Å². The summed E-state index contributed by atoms with van der Waals surface area (Å²) < 4.78 is 0. The summed E-state index contributed by atoms with van der Waals surface area (Å²) in [4.78, 5) is 15.3. The number of rotatable bonds is 3. The number of hydrazone groups is 1. The van der Waals surface area contributed by atoms with Crippen molar-refractivity contribution in [3.05, 3.63) is 24.4 Å². The molecule has 14 heavy (non-hydrogen) atoms. The molecule has 0 bridgehead atoms. The van der Waals surface area contributed by atoms with Crippen LogP contribution in [0.4, 0.5) is 5.82 Å². The predicted octanol–water partition coefficient (Wildman–Crippen LogP) is 1.83. The van der Waals surface area contributed by atoms with Crippen molar-refractivity contribution in [3.8, 4) is 0 Å². The zero-order valence-corrected chi connectivity index (χ0v) is 8.34. The lowest BCUT2D eigenvalue weighted by atomic mass is 10.4. The van der Waals surface area contributed by atoms with Gasteiger partial charge >= 0.3 is 0 Å². The van der Waals surface area contributed by atoms with Crippen LogP contribution in [-0.4, -0.2) is 17.1 Å². The minimum absolute atomic E-state index is 0.145. The van der Waals surface area contributed by atoms with Gasteiger partial charge in [0.2, 0.25) is 5.91 Å². The van der Waals surface area contributed by atoms with Gasteiger partial charge in [-0.25, -0.2) is 4.98 Å². The van der Waals surface area contributed by atoms with Gasteiger partial charge in [0.1, 0.15) is 0 Å². The highest BCUT2D eigenvalue weighted by Gasteiger charge is 2.09. The highest BCUT2D eigenvalue weighted by molar-refractivity contribution is 5.90. The molecule has 0 unspecified atom stereocenters. The molecule has 0 saturated carbocycles. The Balaban J connectivity index is 2.89. The van der Waals surface area contributed by atoms with Gasteiger partial charge in [0, 0.05) is 19.3 Å². The molecule has 4 nitrogen and oxygen atoms in total. The first-order valence-electron chi connectivity index (χ1n) is 4.50. The molecule has 1 aromatic heterocycles. The number of pyridine rings is 1. The molecule has 1 rings (SSSR count). The maximum absolute atomic E-state index is 11.2. The maximum atomic E-state index is 11.2. The fourth-order valence-corrected chi connectivity index (χ4v) is 0.944. The highest BCUT2D eigenvalue weighted by atomic mass is 16.2. The number of carbonyl (C=O) groups is 1. The van der Waals surface area contributed by atoms with Crippen LogP contribution >= 0.6 is 0 Å². The second-order valence-corrected chi connectivity index (χ2v) is 2.73. The largest absolute Gasteiger partial charge is 0.273 e. The quantitative estimate of drug-likeness (QED) is 0.540. The van der Waals surface area contributed by atoms with Crippen LogP contribution in [0.25, 0.3) is 0 Å². The van der Waals surface area contributed by atoms with E-state index >= 15 is 0 Å². The minimum Gasteiger partial charge on any atom is -0.273 e. The smallest absolute Gasteiger partial charge is 0.245 e. The van der Waals surface area contributed by atoms with Crippen LogP contribution in [0.3, 0.4) is 0 Å². The monoisotopic (exact) mass is 191 g/mol. The molecule has 1 aromatic rings. The van der Waals surface area contributed by atoms with Gasteiger partial charge < -0.3 is 0 Å². The summed E-state index contributed by atoms with van der Waals surface area (Å²) in [6, 6.07) is 5.36. The van der Waals surface area contributed by atoms with Crippen molar-refractivity contribution in [3.63, 3.8) is 0 Å². The molecule has 0 aromatic carbocycles. The van der Waals surface area contributed by atoms with E-state index in [0.717, 1.165) is 6.42 Å². The molecule has 4 heteroatoms. The van der Waals surface area contributed by atoms with E-state index in [2.05, 4.69) is 10.1 Å². The molecule has 1 heterocycles. The number of hydrogen-bond donors (Lipinski definition) is 0. The Morgan fingerprint density at radius 3 is 2.93 bits per heavy atom. The van der Waals surface area contributed by atoms with Gasteiger partial charge in [-0.15, -0.1) is 0 Å². The number of carbonyl (C=O) groups excluding carboxylic acids is 1. The molecule has 0 aliphatic heterocycles. The van der Waals surface area contributed by atoms with Gasteiger partial charge in [-0.3, -0.25) is 4.79 Å². The van der Waals surface area contributed by atoms with E-state index in [-0.39, 0.29) is 5.91 Å². The van der Waals surface area contributed by atoms with Crippen LogP contribution in [-0.2, 0) is 4.79 Å². The molecule has 0 saturated heterocycles. The molecule has 0 aliphatic rings. The molecule has 1 amide bonds. The summed E-state index contributed by atoms with van der Waals surface area (Å²) in [6.07, 6.45) is 4.10. The van der Waals surface area contributed by atoms with Gasteiger partial charge in [-0.1, -0.05) is 13.0 Å². The molecule has 0 N–H and O–H groups in total. The van der Waals surface area contributed by atoms with Gasteiger partial charge in [-0.2, -0.15) is 10.1 Å². The molecular formula is C10H13N3O. The molecule has 0 atom stereocenters. The average molecular weight is 191 g/mol. The molecular weight excluding hydrogens is 178 g/mol. The van der Waals surface area contributed by atoms with E-state index in [4.69, 9.17) is 0 Å². The van der Waals surface area contributed by atoms with Crippen LogP contribution in [0.2, 0.25) is 0 Å². The standard InChI is InChI=1S/C10H13N3O/c1-3-7-12-13(9(2)14)10-6-4-5-8-11-10/h4-8H,3H2,1-2H3/b12-7-. The maximum Gasteiger partial charge on any atom is 0.245 e. The normalized spacial score (nSPS) is 10.4. The van der Waals surface area contributed by atoms with E-state index in [1.165, 1.54) is 11.9 Å². The Morgan fingerprint density at radius 2 is 2.43 bits per heavy atom. The second kappa shape index (κ2) is 5.11. The second-order valence-electron chi connectivity index (χ2n) is 2.73. The first-order chi connectivity index (χ1) is 6.75. The summed E-state index contributed by atoms with van der Waals surface area (Å²) in [5.41, 5.74) is 0. The first kappa shape index (κ1) is 10.4. The van der Waals surface area contributed by atoms with Gasteiger partial charge in [0.25, 0.3) is 0 Å². The van der Waals surface area contributed by atoms with Crippen molar-refractivity contribution >= 4 is 17.9 Å². The molecule has 74 valence electrons. The third-order valence-electron chi connectivity index (χ3n) is 1.54. The lowest BCUT2D eigenvalue weighted by Gasteiger charge is -2.12. The van der Waals surface area contributed by atoms with Crippen LogP contribution in [0, 0.1) is 0 Å². The van der Waals surface area contributed by atoms with Crippen molar-refractivity contribution in [2.45, 2.75) is 20.3 Å². The molecule has 0 fully saturated rings. The van der Waals surface area contributed by atoms with Gasteiger partial charge in [0.05, 0.1) is 0 Å². The van der Waals surface area contributed by atoms with E-state index in [9.17, 15) is 4.79 Å². The number of nitrogens with zero attached hydrogens (tertiary/aromatic N) is 3. The number of amides is 1. The lowest BCUT2D eigenvalue weighted by molar-refractivity contribution is -0.116. The number of hydrogen-bond acceptors (Lipinski definition) is 3. The number of aromatic nitrogens is 1. The van der Waals surface area contributed by atoms with Gasteiger partial charge in [0.15, 0.2) is 5.82 Å². The summed E-state index contributed by atoms with van der Waals surface area (Å²) in [5, 5.41) is 5.29. The van der Waals surface area contributed by atoms with E-state index < -0.39 is 0 Å². The summed E-state index contributed by atoms with van der Waals surface area (Å²) in [5.74, 6) is 0.401. The third kappa shape index (κ3) is 2.65. The topological polar surface area (TPSA) is 45.6 Å². The summed E-state index contributed by atoms with van der Waals surface area (Å²) in [6.45, 7) is 3.42. The van der Waals surface area contributed by atoms with Crippen LogP contribution in [0.15, 0.2) is 29.5 Å². The van der Waals surface area contributed by atoms with E-state index in [1.54, 1.807) is 24.5 Å². The Kier molecular flexibility index (Phi) is 3.79. The summed E-state index contributed by atoms with van der Waals surface area (Å²) in [7, 11) is 0. The van der Waals surface area contributed by atoms with Crippen molar-refractivity contribution in [2.75, 3.05) is 5.01 Å². The molecule has 0 spiro atoms. The Bertz CT molecular complexity index is 321. The fraction of sp³-hybridized carbons (Fsp3) is 0.300. The van der Waals surface area contributed by atoms with Crippen LogP contribution < -0.4 is 5.01 Å². The zero-order chi connectivity index (χ0) is 10.4. The Labute approximate surface area is 83.3 Å². The highest BCUT2D eigenvalue weighted by Crippen LogP contribution is 2.09. The Morgan fingerprint density at radius 1 is 1.64 bits per heavy atom. The molecule has 0 radical (unpaired) electrons. The number of anilines is 1. The van der Waals surface area contributed by atoms with Crippen LogP contribution in [0.1, 0.15) is 20.3 Å². The van der Waals surface area contributed by atoms with Crippen LogP contribution in [0.5, 0.6) is 0 Å². The average Bonchev–Trinajstić information content (AvgIpc) is 2.19. The van der Waals surface area contributed by atoms with Crippen molar-refractivity contribution in [1.82, 2.24) is 4.98 Å². The third-order valence-corrected chi connectivity index (χ3v) is 1.54. The van der Waals surface area contributed by atoms with Crippen molar-refractivity contribution in [2.24, 2.45) is 5.10 Å².